The van der Waals surface area contributed by atoms with Crippen LogP contribution in [0, 0.1) is 0 Å². The first kappa shape index (κ1) is 18.3. The highest BCUT2D eigenvalue weighted by molar-refractivity contribution is 5.94. The highest BCUT2D eigenvalue weighted by atomic mass is 16.6. The van der Waals surface area contributed by atoms with Gasteiger partial charge in [0.25, 0.3) is 0 Å². The number of hydrogen-bond donors (Lipinski definition) is 0. The van der Waals surface area contributed by atoms with E-state index in [4.69, 9.17) is 4.74 Å². The van der Waals surface area contributed by atoms with Crippen LogP contribution in [0.15, 0.2) is 35.4 Å². The minimum atomic E-state index is -0.512. The smallest absolute Gasteiger partial charge is 0.419 e. The predicted octanol–water partition coefficient (Wildman–Crippen LogP) is 5.45. The Labute approximate surface area is 161 Å². The van der Waals surface area contributed by atoms with Crippen LogP contribution in [0.4, 0.5) is 4.79 Å². The van der Waals surface area contributed by atoms with Crippen LogP contribution < -0.4 is 0 Å². The molecule has 4 rings (SSSR count). The lowest BCUT2D eigenvalue weighted by Crippen LogP contribution is -2.41. The minimum Gasteiger partial charge on any atom is -0.443 e. The number of para-hydroxylation sites is 1. The molecule has 0 aliphatic carbocycles. The standard InChI is InChI=1S/C23H30N2O2/c1-6-16-14-24-12-11-18-17-9-7-8-10-19(17)25(22(26)27-23(3,4)5)21(18)20(24)13-15(16)2/h7-10,20H,6,11-14H2,1-5H3. The van der Waals surface area contributed by atoms with Gasteiger partial charge < -0.3 is 4.74 Å². The van der Waals surface area contributed by atoms with Gasteiger partial charge in [-0.1, -0.05) is 36.3 Å². The zero-order chi connectivity index (χ0) is 19.3. The molecule has 0 N–H and O–H groups in total. The van der Waals surface area contributed by atoms with Crippen LogP contribution in [0.3, 0.4) is 0 Å². The molecule has 2 aromatic rings. The number of rotatable bonds is 1. The molecule has 144 valence electrons. The molecule has 0 radical (unpaired) electrons. The SMILES string of the molecule is CCC1=C(C)CC2c3c(c4ccccc4n3C(=O)OC(C)(C)C)CCN2C1. The quantitative estimate of drug-likeness (QED) is 0.629. The molecule has 1 unspecified atom stereocenters. The topological polar surface area (TPSA) is 34.5 Å². The molecule has 0 saturated heterocycles. The van der Waals surface area contributed by atoms with Crippen LogP contribution in [0.2, 0.25) is 0 Å². The average molecular weight is 367 g/mol. The van der Waals surface area contributed by atoms with Crippen LogP contribution in [0.25, 0.3) is 10.9 Å². The number of aromatic nitrogens is 1. The van der Waals surface area contributed by atoms with Gasteiger partial charge in [0.15, 0.2) is 0 Å². The fourth-order valence-electron chi connectivity index (χ4n) is 4.67. The molecule has 2 aliphatic rings. The maximum absolute atomic E-state index is 13.2. The fraction of sp³-hybridized carbons (Fsp3) is 0.522. The summed E-state index contributed by atoms with van der Waals surface area (Å²) in [5.74, 6) is 0. The van der Waals surface area contributed by atoms with E-state index >= 15 is 0 Å². The van der Waals surface area contributed by atoms with E-state index < -0.39 is 5.60 Å². The molecule has 0 bridgehead atoms. The molecule has 1 atom stereocenters. The predicted molar refractivity (Wildman–Crippen MR) is 109 cm³/mol. The Morgan fingerprint density at radius 2 is 2.00 bits per heavy atom. The second-order valence-electron chi connectivity index (χ2n) is 8.87. The molecule has 4 heteroatoms. The maximum atomic E-state index is 13.2. The van der Waals surface area contributed by atoms with Gasteiger partial charge >= 0.3 is 6.09 Å². The first-order chi connectivity index (χ1) is 12.8. The van der Waals surface area contributed by atoms with Crippen molar-refractivity contribution in [1.29, 1.82) is 0 Å². The number of benzene rings is 1. The van der Waals surface area contributed by atoms with Crippen LogP contribution in [-0.4, -0.2) is 34.3 Å². The lowest BCUT2D eigenvalue weighted by Gasteiger charge is -2.41. The lowest BCUT2D eigenvalue weighted by molar-refractivity contribution is 0.0525. The van der Waals surface area contributed by atoms with Crippen molar-refractivity contribution in [3.8, 4) is 0 Å². The molecule has 1 aromatic heterocycles. The van der Waals surface area contributed by atoms with Gasteiger partial charge in [0.1, 0.15) is 5.60 Å². The number of carbonyl (C=O) groups is 1. The van der Waals surface area contributed by atoms with Crippen molar-refractivity contribution < 1.29 is 9.53 Å². The van der Waals surface area contributed by atoms with Gasteiger partial charge in [-0.25, -0.2) is 9.36 Å². The summed E-state index contributed by atoms with van der Waals surface area (Å²) in [6.07, 6.45) is 2.83. The number of fused-ring (bicyclic) bond motifs is 5. The summed E-state index contributed by atoms with van der Waals surface area (Å²) in [5.41, 5.74) is 5.96. The molecule has 3 heterocycles. The van der Waals surface area contributed by atoms with E-state index in [1.54, 1.807) is 5.57 Å². The van der Waals surface area contributed by atoms with Crippen molar-refractivity contribution in [1.82, 2.24) is 9.47 Å². The summed E-state index contributed by atoms with van der Waals surface area (Å²) in [7, 11) is 0. The molecule has 0 saturated carbocycles. The zero-order valence-electron chi connectivity index (χ0n) is 17.1. The Morgan fingerprint density at radius 3 is 2.70 bits per heavy atom. The Morgan fingerprint density at radius 1 is 1.26 bits per heavy atom. The van der Waals surface area contributed by atoms with E-state index in [-0.39, 0.29) is 12.1 Å². The Hall–Kier alpha value is -2.07. The Balaban J connectivity index is 1.89. The third kappa shape index (κ3) is 3.10. The van der Waals surface area contributed by atoms with Crippen LogP contribution in [-0.2, 0) is 11.2 Å². The van der Waals surface area contributed by atoms with Crippen molar-refractivity contribution in [3.63, 3.8) is 0 Å². The van der Waals surface area contributed by atoms with Crippen molar-refractivity contribution in [2.24, 2.45) is 0 Å². The molecular weight excluding hydrogens is 336 g/mol. The van der Waals surface area contributed by atoms with Gasteiger partial charge in [-0.15, -0.1) is 0 Å². The van der Waals surface area contributed by atoms with Crippen LogP contribution in [0.5, 0.6) is 0 Å². The lowest BCUT2D eigenvalue weighted by atomic mass is 9.87. The third-order valence-corrected chi connectivity index (χ3v) is 5.93. The van der Waals surface area contributed by atoms with Gasteiger partial charge in [-0.05, 0) is 58.6 Å². The van der Waals surface area contributed by atoms with Gasteiger partial charge in [0.05, 0.1) is 17.3 Å². The second kappa shape index (κ2) is 6.52. The summed E-state index contributed by atoms with van der Waals surface area (Å²) in [6.45, 7) is 12.3. The van der Waals surface area contributed by atoms with Crippen molar-refractivity contribution >= 4 is 17.0 Å². The van der Waals surface area contributed by atoms with Crippen molar-refractivity contribution in [2.75, 3.05) is 13.1 Å². The minimum absolute atomic E-state index is 0.254. The first-order valence-electron chi connectivity index (χ1n) is 10.1. The number of hydrogen-bond acceptors (Lipinski definition) is 3. The molecular formula is C23H30N2O2. The van der Waals surface area contributed by atoms with Crippen LogP contribution >= 0.6 is 0 Å². The first-order valence-corrected chi connectivity index (χ1v) is 10.1. The molecule has 0 spiro atoms. The summed E-state index contributed by atoms with van der Waals surface area (Å²) >= 11 is 0. The maximum Gasteiger partial charge on any atom is 0.419 e. The van der Waals surface area contributed by atoms with Gasteiger partial charge in [-0.2, -0.15) is 0 Å². The molecule has 0 fully saturated rings. The highest BCUT2D eigenvalue weighted by Crippen LogP contribution is 2.43. The van der Waals surface area contributed by atoms with E-state index in [1.807, 2.05) is 37.5 Å². The second-order valence-corrected chi connectivity index (χ2v) is 8.87. The summed E-state index contributed by atoms with van der Waals surface area (Å²) < 4.78 is 7.66. The summed E-state index contributed by atoms with van der Waals surface area (Å²) in [5, 5.41) is 1.20. The zero-order valence-corrected chi connectivity index (χ0v) is 17.1. The monoisotopic (exact) mass is 366 g/mol. The largest absolute Gasteiger partial charge is 0.443 e. The molecule has 27 heavy (non-hydrogen) atoms. The third-order valence-electron chi connectivity index (χ3n) is 5.93. The van der Waals surface area contributed by atoms with Gasteiger partial charge in [0.2, 0.25) is 0 Å². The normalized spacial score (nSPS) is 20.6. The van der Waals surface area contributed by atoms with E-state index in [1.165, 1.54) is 16.5 Å². The summed E-state index contributed by atoms with van der Waals surface area (Å²) in [4.78, 5) is 15.7. The number of nitrogens with zero attached hydrogens (tertiary/aromatic N) is 2. The molecule has 1 aromatic carbocycles. The fourth-order valence-corrected chi connectivity index (χ4v) is 4.67. The summed E-state index contributed by atoms with van der Waals surface area (Å²) in [6, 6.07) is 8.52. The van der Waals surface area contributed by atoms with E-state index in [9.17, 15) is 4.79 Å². The van der Waals surface area contributed by atoms with Gasteiger partial charge in [-0.3, -0.25) is 4.90 Å². The van der Waals surface area contributed by atoms with E-state index in [2.05, 4.69) is 30.9 Å². The van der Waals surface area contributed by atoms with E-state index in [0.717, 1.165) is 43.6 Å². The Kier molecular flexibility index (Phi) is 4.42. The average Bonchev–Trinajstić information content (AvgIpc) is 2.95. The molecule has 4 nitrogen and oxygen atoms in total. The number of carbonyl (C=O) groups excluding carboxylic acids is 1. The van der Waals surface area contributed by atoms with E-state index in [0.29, 0.717) is 0 Å². The Bertz CT molecular complexity index is 930. The van der Waals surface area contributed by atoms with Crippen molar-refractivity contribution in [2.45, 2.75) is 65.5 Å². The highest BCUT2D eigenvalue weighted by Gasteiger charge is 2.37. The van der Waals surface area contributed by atoms with Crippen LogP contribution in [0.1, 0.15) is 64.8 Å². The van der Waals surface area contributed by atoms with Crippen molar-refractivity contribution in [3.05, 3.63) is 46.7 Å². The molecule has 2 aliphatic heterocycles. The molecule has 0 amide bonds. The number of ether oxygens (including phenoxy) is 1. The van der Waals surface area contributed by atoms with Gasteiger partial charge in [0, 0.05) is 18.5 Å².